The lowest BCUT2D eigenvalue weighted by atomic mass is 10.2. The lowest BCUT2D eigenvalue weighted by molar-refractivity contribution is 0.416. The van der Waals surface area contributed by atoms with Crippen molar-refractivity contribution in [2.45, 2.75) is 0 Å². The first-order valence-corrected chi connectivity index (χ1v) is 5.47. The number of ether oxygens (including phenoxy) is 1. The summed E-state index contributed by atoms with van der Waals surface area (Å²) < 4.78 is 5.21. The predicted molar refractivity (Wildman–Crippen MR) is 69.4 cm³/mol. The molecule has 0 atom stereocenters. The highest BCUT2D eigenvalue weighted by Gasteiger charge is 2.06. The maximum absolute atomic E-state index is 9.67. The van der Waals surface area contributed by atoms with E-state index in [1.165, 1.54) is 0 Å². The summed E-state index contributed by atoms with van der Waals surface area (Å²) in [6, 6.07) is 12.2. The number of hydrogen-bond acceptors (Lipinski definition) is 3. The maximum Gasteiger partial charge on any atom is 0.142 e. The minimum absolute atomic E-state index is 0.175. The second-order valence-electron chi connectivity index (χ2n) is 3.49. The first-order valence-electron chi connectivity index (χ1n) is 5.09. The Labute approximate surface area is 105 Å². The van der Waals surface area contributed by atoms with Crippen molar-refractivity contribution < 1.29 is 9.84 Å². The van der Waals surface area contributed by atoms with Crippen LogP contribution in [0.1, 0.15) is 0 Å². The van der Waals surface area contributed by atoms with Gasteiger partial charge in [-0.3, -0.25) is 0 Å². The van der Waals surface area contributed by atoms with E-state index in [9.17, 15) is 5.11 Å². The quantitative estimate of drug-likeness (QED) is 0.813. The van der Waals surface area contributed by atoms with E-state index in [2.05, 4.69) is 5.32 Å². The molecule has 0 spiro atoms. The number of methoxy groups -OCH3 is 1. The van der Waals surface area contributed by atoms with Crippen molar-refractivity contribution in [2.24, 2.45) is 0 Å². The number of nitrogens with one attached hydrogen (secondary N) is 1. The summed E-state index contributed by atoms with van der Waals surface area (Å²) in [5.41, 5.74) is 1.31. The Hall–Kier alpha value is -1.87. The second-order valence-corrected chi connectivity index (χ2v) is 3.92. The first-order chi connectivity index (χ1) is 8.20. The monoisotopic (exact) mass is 249 g/mol. The van der Waals surface area contributed by atoms with Gasteiger partial charge >= 0.3 is 0 Å². The van der Waals surface area contributed by atoms with Crippen LogP contribution in [-0.2, 0) is 0 Å². The molecular weight excluding hydrogens is 238 g/mol. The van der Waals surface area contributed by atoms with Crippen LogP contribution in [-0.4, -0.2) is 12.2 Å². The molecule has 0 heterocycles. The molecule has 0 radical (unpaired) electrons. The van der Waals surface area contributed by atoms with Crippen molar-refractivity contribution in [1.29, 1.82) is 0 Å². The highest BCUT2D eigenvalue weighted by Crippen LogP contribution is 2.33. The minimum Gasteiger partial charge on any atom is -0.506 e. The maximum atomic E-state index is 9.67. The van der Waals surface area contributed by atoms with E-state index in [0.717, 1.165) is 0 Å². The third kappa shape index (κ3) is 2.63. The predicted octanol–water partition coefficient (Wildman–Crippen LogP) is 3.80. The van der Waals surface area contributed by atoms with Gasteiger partial charge in [-0.2, -0.15) is 0 Å². The topological polar surface area (TPSA) is 41.5 Å². The van der Waals surface area contributed by atoms with Crippen LogP contribution in [0.4, 0.5) is 11.4 Å². The molecule has 0 saturated carbocycles. The number of rotatable bonds is 3. The average molecular weight is 250 g/mol. The Kier molecular flexibility index (Phi) is 3.40. The Bertz CT molecular complexity index is 529. The molecule has 2 aromatic rings. The summed E-state index contributed by atoms with van der Waals surface area (Å²) in [5.74, 6) is 0.840. The van der Waals surface area contributed by atoms with E-state index in [-0.39, 0.29) is 5.75 Å². The number of phenolic OH excluding ortho intramolecular Hbond substituents is 1. The van der Waals surface area contributed by atoms with Crippen LogP contribution < -0.4 is 10.1 Å². The number of benzene rings is 2. The van der Waals surface area contributed by atoms with Crippen LogP contribution in [0.3, 0.4) is 0 Å². The zero-order valence-electron chi connectivity index (χ0n) is 9.27. The second kappa shape index (κ2) is 4.97. The summed E-state index contributed by atoms with van der Waals surface area (Å²) in [5, 5.41) is 13.3. The molecule has 0 amide bonds. The number of para-hydroxylation sites is 2. The lowest BCUT2D eigenvalue weighted by Crippen LogP contribution is -1.94. The molecule has 3 nitrogen and oxygen atoms in total. The van der Waals surface area contributed by atoms with Crippen molar-refractivity contribution in [3.8, 4) is 11.5 Å². The van der Waals surface area contributed by atoms with Crippen molar-refractivity contribution in [3.63, 3.8) is 0 Å². The van der Waals surface area contributed by atoms with E-state index in [0.29, 0.717) is 22.1 Å². The van der Waals surface area contributed by atoms with Crippen molar-refractivity contribution >= 4 is 23.0 Å². The zero-order chi connectivity index (χ0) is 12.3. The van der Waals surface area contributed by atoms with E-state index in [1.807, 2.05) is 6.07 Å². The van der Waals surface area contributed by atoms with Gasteiger partial charge in [0.25, 0.3) is 0 Å². The number of halogens is 1. The third-order valence-electron chi connectivity index (χ3n) is 2.33. The van der Waals surface area contributed by atoms with Gasteiger partial charge in [-0.05, 0) is 30.3 Å². The fourth-order valence-corrected chi connectivity index (χ4v) is 1.67. The van der Waals surface area contributed by atoms with Crippen LogP contribution in [0.15, 0.2) is 42.5 Å². The van der Waals surface area contributed by atoms with Gasteiger partial charge in [-0.15, -0.1) is 0 Å². The molecule has 0 aliphatic carbocycles. The van der Waals surface area contributed by atoms with Gasteiger partial charge in [0, 0.05) is 5.02 Å². The summed E-state index contributed by atoms with van der Waals surface area (Å²) in [4.78, 5) is 0. The average Bonchev–Trinajstić information content (AvgIpc) is 2.32. The molecule has 4 heteroatoms. The summed E-state index contributed by atoms with van der Waals surface area (Å²) in [6.45, 7) is 0. The molecule has 2 N–H and O–H groups in total. The van der Waals surface area contributed by atoms with Gasteiger partial charge in [0.05, 0.1) is 18.5 Å². The first kappa shape index (κ1) is 11.6. The van der Waals surface area contributed by atoms with Gasteiger partial charge in [0.15, 0.2) is 0 Å². The van der Waals surface area contributed by atoms with E-state index in [4.69, 9.17) is 16.3 Å². The van der Waals surface area contributed by atoms with Crippen molar-refractivity contribution in [3.05, 3.63) is 47.5 Å². The third-order valence-corrected chi connectivity index (χ3v) is 2.57. The largest absolute Gasteiger partial charge is 0.506 e. The standard InChI is InChI=1S/C13H12ClNO2/c1-17-13-7-6-9(14)8-11(13)15-10-4-2-3-5-12(10)16/h2-8,15-16H,1H3. The molecular formula is C13H12ClNO2. The highest BCUT2D eigenvalue weighted by atomic mass is 35.5. The van der Waals surface area contributed by atoms with Gasteiger partial charge in [0.1, 0.15) is 11.5 Å². The minimum atomic E-state index is 0.175. The van der Waals surface area contributed by atoms with Gasteiger partial charge in [0.2, 0.25) is 0 Å². The van der Waals surface area contributed by atoms with Gasteiger partial charge in [-0.1, -0.05) is 23.7 Å². The lowest BCUT2D eigenvalue weighted by Gasteiger charge is -2.12. The van der Waals surface area contributed by atoms with Crippen LogP contribution in [0, 0.1) is 0 Å². The molecule has 0 aliphatic heterocycles. The van der Waals surface area contributed by atoms with E-state index in [1.54, 1.807) is 43.5 Å². The molecule has 0 fully saturated rings. The van der Waals surface area contributed by atoms with Crippen molar-refractivity contribution in [1.82, 2.24) is 0 Å². The Morgan fingerprint density at radius 2 is 1.88 bits per heavy atom. The summed E-state index contributed by atoms with van der Waals surface area (Å²) >= 11 is 5.92. The fraction of sp³-hybridized carbons (Fsp3) is 0.0769. The van der Waals surface area contributed by atoms with Crippen LogP contribution in [0.2, 0.25) is 5.02 Å². The number of anilines is 2. The fourth-order valence-electron chi connectivity index (χ4n) is 1.50. The van der Waals surface area contributed by atoms with Crippen LogP contribution >= 0.6 is 11.6 Å². The Balaban J connectivity index is 2.35. The molecule has 88 valence electrons. The van der Waals surface area contributed by atoms with Gasteiger partial charge in [-0.25, -0.2) is 0 Å². The Morgan fingerprint density at radius 3 is 2.59 bits per heavy atom. The number of hydrogen-bond donors (Lipinski definition) is 2. The molecule has 17 heavy (non-hydrogen) atoms. The molecule has 0 unspecified atom stereocenters. The smallest absolute Gasteiger partial charge is 0.142 e. The highest BCUT2D eigenvalue weighted by molar-refractivity contribution is 6.31. The van der Waals surface area contributed by atoms with E-state index >= 15 is 0 Å². The van der Waals surface area contributed by atoms with Gasteiger partial charge < -0.3 is 15.2 Å². The van der Waals surface area contributed by atoms with E-state index < -0.39 is 0 Å². The molecule has 2 rings (SSSR count). The Morgan fingerprint density at radius 1 is 1.12 bits per heavy atom. The molecule has 0 saturated heterocycles. The van der Waals surface area contributed by atoms with Crippen LogP contribution in [0.5, 0.6) is 11.5 Å². The SMILES string of the molecule is COc1ccc(Cl)cc1Nc1ccccc1O. The molecule has 2 aromatic carbocycles. The number of phenols is 1. The van der Waals surface area contributed by atoms with Crippen LogP contribution in [0.25, 0.3) is 0 Å². The number of aromatic hydroxyl groups is 1. The molecule has 0 aliphatic rings. The van der Waals surface area contributed by atoms with Crippen molar-refractivity contribution in [2.75, 3.05) is 12.4 Å². The zero-order valence-corrected chi connectivity index (χ0v) is 10.0. The summed E-state index contributed by atoms with van der Waals surface area (Å²) in [7, 11) is 1.58. The summed E-state index contributed by atoms with van der Waals surface area (Å²) in [6.07, 6.45) is 0. The normalized spacial score (nSPS) is 10.0. The molecule has 0 bridgehead atoms. The molecule has 0 aromatic heterocycles.